The molecule has 0 aromatic carbocycles. The van der Waals surface area contributed by atoms with E-state index in [1.165, 1.54) is 103 Å². The summed E-state index contributed by atoms with van der Waals surface area (Å²) in [7, 11) is 0. The summed E-state index contributed by atoms with van der Waals surface area (Å²) in [5.41, 5.74) is 6.62. The average molecular weight is 424 g/mol. The van der Waals surface area contributed by atoms with E-state index in [4.69, 9.17) is 5.73 Å². The molecular weight excluding hydrogens is 366 g/mol. The van der Waals surface area contributed by atoms with Gasteiger partial charge >= 0.3 is 0 Å². The fraction of sp³-hybridized carbons (Fsp3) is 0.964. The molecule has 180 valence electrons. The van der Waals surface area contributed by atoms with Gasteiger partial charge in [0.15, 0.2) is 0 Å². The molecule has 0 radical (unpaired) electrons. The molecule has 1 amide bonds. The molecule has 2 heteroatoms. The number of hydrogen-bond acceptors (Lipinski definition) is 1. The van der Waals surface area contributed by atoms with Crippen LogP contribution in [0.15, 0.2) is 0 Å². The zero-order valence-electron chi connectivity index (χ0n) is 21.8. The van der Waals surface area contributed by atoms with Gasteiger partial charge in [0.05, 0.1) is 0 Å². The molecule has 0 heterocycles. The molecule has 2 nitrogen and oxygen atoms in total. The highest BCUT2D eigenvalue weighted by atomic mass is 16.1. The van der Waals surface area contributed by atoms with Crippen molar-refractivity contribution in [1.29, 1.82) is 0 Å². The Bertz CT molecular complexity index is 370. The zero-order valence-corrected chi connectivity index (χ0v) is 21.8. The summed E-state index contributed by atoms with van der Waals surface area (Å²) >= 11 is 0. The summed E-state index contributed by atoms with van der Waals surface area (Å²) in [5, 5.41) is 0. The quantitative estimate of drug-likeness (QED) is 0.207. The van der Waals surface area contributed by atoms with Gasteiger partial charge in [-0.05, 0) is 36.5 Å². The second-order valence-corrected chi connectivity index (χ2v) is 12.2. The van der Waals surface area contributed by atoms with Crippen LogP contribution in [0.25, 0.3) is 0 Å². The van der Waals surface area contributed by atoms with Crippen molar-refractivity contribution in [3.05, 3.63) is 0 Å². The summed E-state index contributed by atoms with van der Waals surface area (Å²) in [6, 6.07) is 0. The molecule has 0 fully saturated rings. The van der Waals surface area contributed by atoms with Crippen LogP contribution in [-0.2, 0) is 4.79 Å². The van der Waals surface area contributed by atoms with Gasteiger partial charge in [-0.25, -0.2) is 0 Å². The van der Waals surface area contributed by atoms with Gasteiger partial charge in [-0.15, -0.1) is 0 Å². The molecule has 0 aromatic rings. The Kier molecular flexibility index (Phi) is 16.8. The van der Waals surface area contributed by atoms with Crippen LogP contribution in [0.4, 0.5) is 0 Å². The molecule has 0 aliphatic carbocycles. The predicted molar refractivity (Wildman–Crippen MR) is 135 cm³/mol. The molecule has 2 N–H and O–H groups in total. The highest BCUT2D eigenvalue weighted by Gasteiger charge is 2.14. The van der Waals surface area contributed by atoms with Crippen molar-refractivity contribution in [3.63, 3.8) is 0 Å². The van der Waals surface area contributed by atoms with Crippen LogP contribution in [0.5, 0.6) is 0 Å². The van der Waals surface area contributed by atoms with E-state index in [-0.39, 0.29) is 11.8 Å². The Balaban J connectivity index is 3.56. The maximum Gasteiger partial charge on any atom is 0.220 e. The minimum Gasteiger partial charge on any atom is -0.369 e. The van der Waals surface area contributed by atoms with Gasteiger partial charge in [0.2, 0.25) is 5.91 Å². The molecule has 0 saturated heterocycles. The molecule has 0 aliphatic heterocycles. The first-order valence-electron chi connectivity index (χ1n) is 13.3. The van der Waals surface area contributed by atoms with E-state index in [1.807, 2.05) is 0 Å². The molecule has 0 unspecified atom stereocenters. The lowest BCUT2D eigenvalue weighted by Crippen LogP contribution is -2.23. The monoisotopic (exact) mass is 423 g/mol. The Hall–Kier alpha value is -0.530. The molecular formula is C28H57NO. The fourth-order valence-corrected chi connectivity index (χ4v) is 4.29. The summed E-state index contributed by atoms with van der Waals surface area (Å²) in [4.78, 5) is 11.8. The number of primary amides is 1. The van der Waals surface area contributed by atoms with Gasteiger partial charge in [0, 0.05) is 5.92 Å². The van der Waals surface area contributed by atoms with E-state index >= 15 is 0 Å². The highest BCUT2D eigenvalue weighted by molar-refractivity contribution is 5.76. The molecule has 0 spiro atoms. The lowest BCUT2D eigenvalue weighted by molar-refractivity contribution is -0.122. The topological polar surface area (TPSA) is 43.1 Å². The normalized spacial score (nSPS) is 12.6. The second kappa shape index (κ2) is 17.1. The third kappa shape index (κ3) is 22.2. The van der Waals surface area contributed by atoms with Crippen LogP contribution in [-0.4, -0.2) is 5.91 Å². The van der Waals surface area contributed by atoms with Gasteiger partial charge < -0.3 is 5.73 Å². The van der Waals surface area contributed by atoms with Crippen molar-refractivity contribution in [1.82, 2.24) is 0 Å². The molecule has 0 atom stereocenters. The van der Waals surface area contributed by atoms with E-state index in [9.17, 15) is 4.79 Å². The van der Waals surface area contributed by atoms with Gasteiger partial charge in [0.1, 0.15) is 0 Å². The smallest absolute Gasteiger partial charge is 0.220 e. The van der Waals surface area contributed by atoms with Crippen LogP contribution in [0.2, 0.25) is 0 Å². The SMILES string of the molecule is CC(C)(C)CCCCCCCCCC(CCCCCCCCCC(C)(C)C)C(N)=O. The van der Waals surface area contributed by atoms with Gasteiger partial charge in [-0.2, -0.15) is 0 Å². The lowest BCUT2D eigenvalue weighted by Gasteiger charge is -2.17. The van der Waals surface area contributed by atoms with Crippen molar-refractivity contribution >= 4 is 5.91 Å². The largest absolute Gasteiger partial charge is 0.369 e. The maximum absolute atomic E-state index is 11.8. The first-order chi connectivity index (χ1) is 14.0. The van der Waals surface area contributed by atoms with E-state index < -0.39 is 0 Å². The number of amides is 1. The zero-order chi connectivity index (χ0) is 22.9. The summed E-state index contributed by atoms with van der Waals surface area (Å²) in [5.74, 6) is 0.0444. The summed E-state index contributed by atoms with van der Waals surface area (Å²) in [6.45, 7) is 14.0. The second-order valence-electron chi connectivity index (χ2n) is 12.2. The number of carbonyl (C=O) groups is 1. The molecule has 0 bridgehead atoms. The summed E-state index contributed by atoms with van der Waals surface area (Å²) < 4.78 is 0. The van der Waals surface area contributed by atoms with Crippen LogP contribution in [0.3, 0.4) is 0 Å². The average Bonchev–Trinajstić information content (AvgIpc) is 2.61. The minimum atomic E-state index is -0.0700. The van der Waals surface area contributed by atoms with Crippen molar-refractivity contribution in [2.45, 2.75) is 157 Å². The Morgan fingerprint density at radius 2 is 0.800 bits per heavy atom. The number of hydrogen-bond donors (Lipinski definition) is 1. The minimum absolute atomic E-state index is 0.0700. The standard InChI is InChI=1S/C28H57NO/c1-27(2,3)23-19-15-11-7-9-13-17-21-25(26(29)30)22-18-14-10-8-12-16-20-24-28(4,5)6/h25H,7-24H2,1-6H3,(H2,29,30). The van der Waals surface area contributed by atoms with Crippen molar-refractivity contribution in [2.75, 3.05) is 0 Å². The van der Waals surface area contributed by atoms with Gasteiger partial charge in [0.25, 0.3) is 0 Å². The van der Waals surface area contributed by atoms with Crippen LogP contribution < -0.4 is 5.73 Å². The number of unbranched alkanes of at least 4 members (excludes halogenated alkanes) is 12. The Morgan fingerprint density at radius 3 is 1.07 bits per heavy atom. The third-order valence-electron chi connectivity index (χ3n) is 6.36. The van der Waals surface area contributed by atoms with E-state index in [0.717, 1.165) is 12.8 Å². The Morgan fingerprint density at radius 1 is 0.533 bits per heavy atom. The number of nitrogens with two attached hydrogens (primary N) is 1. The van der Waals surface area contributed by atoms with Crippen molar-refractivity contribution in [2.24, 2.45) is 22.5 Å². The van der Waals surface area contributed by atoms with E-state index in [2.05, 4.69) is 41.5 Å². The molecule has 0 rings (SSSR count). The van der Waals surface area contributed by atoms with Gasteiger partial charge in [-0.1, -0.05) is 131 Å². The van der Waals surface area contributed by atoms with E-state index in [1.54, 1.807) is 0 Å². The molecule has 0 saturated carbocycles. The first kappa shape index (κ1) is 29.5. The molecule has 0 aliphatic rings. The van der Waals surface area contributed by atoms with Gasteiger partial charge in [-0.3, -0.25) is 4.79 Å². The molecule has 30 heavy (non-hydrogen) atoms. The lowest BCUT2D eigenvalue weighted by atomic mass is 9.89. The van der Waals surface area contributed by atoms with Crippen molar-refractivity contribution < 1.29 is 4.79 Å². The van der Waals surface area contributed by atoms with E-state index in [0.29, 0.717) is 10.8 Å². The maximum atomic E-state index is 11.8. The van der Waals surface area contributed by atoms with Crippen LogP contribution in [0.1, 0.15) is 157 Å². The predicted octanol–water partition coefficient (Wildman–Crippen LogP) is 9.20. The number of carbonyl (C=O) groups excluding carboxylic acids is 1. The van der Waals surface area contributed by atoms with Crippen LogP contribution in [0, 0.1) is 16.7 Å². The van der Waals surface area contributed by atoms with Crippen molar-refractivity contribution in [3.8, 4) is 0 Å². The number of rotatable bonds is 19. The molecule has 0 aromatic heterocycles. The first-order valence-corrected chi connectivity index (χ1v) is 13.3. The summed E-state index contributed by atoms with van der Waals surface area (Å²) in [6.07, 6.45) is 23.1. The third-order valence-corrected chi connectivity index (χ3v) is 6.36. The Labute approximate surface area is 190 Å². The van der Waals surface area contributed by atoms with Crippen LogP contribution >= 0.6 is 0 Å². The highest BCUT2D eigenvalue weighted by Crippen LogP contribution is 2.24. The fourth-order valence-electron chi connectivity index (χ4n) is 4.29.